The zero-order valence-electron chi connectivity index (χ0n) is 14.7. The average Bonchev–Trinajstić information content (AvgIpc) is 2.96. The highest BCUT2D eigenvalue weighted by molar-refractivity contribution is 6.14. The number of para-hydroxylation sites is 1. The van der Waals surface area contributed by atoms with Crippen molar-refractivity contribution in [3.05, 3.63) is 53.3 Å². The Morgan fingerprint density at radius 3 is 2.65 bits per heavy atom. The van der Waals surface area contributed by atoms with Crippen LogP contribution in [0.4, 0.5) is 0 Å². The minimum Gasteiger partial charge on any atom is -0.493 e. The van der Waals surface area contributed by atoms with Gasteiger partial charge in [0.05, 0.1) is 19.8 Å². The molecule has 6 heteroatoms. The molecule has 134 valence electrons. The molecule has 0 spiro atoms. The van der Waals surface area contributed by atoms with Gasteiger partial charge in [-0.3, -0.25) is 9.59 Å². The van der Waals surface area contributed by atoms with Gasteiger partial charge in [-0.05, 0) is 24.3 Å². The Morgan fingerprint density at radius 1 is 1.15 bits per heavy atom. The molecule has 1 heterocycles. The predicted octanol–water partition coefficient (Wildman–Crippen LogP) is 3.64. The summed E-state index contributed by atoms with van der Waals surface area (Å²) in [5.41, 5.74) is 1.06. The van der Waals surface area contributed by atoms with Crippen LogP contribution in [0.3, 0.4) is 0 Å². The van der Waals surface area contributed by atoms with Crippen LogP contribution in [0.15, 0.2) is 42.2 Å². The van der Waals surface area contributed by atoms with Crippen LogP contribution in [0.2, 0.25) is 0 Å². The van der Waals surface area contributed by atoms with E-state index in [-0.39, 0.29) is 23.9 Å². The Kier molecular flexibility index (Phi) is 4.93. The van der Waals surface area contributed by atoms with Crippen molar-refractivity contribution in [2.24, 2.45) is 0 Å². The molecule has 2 aromatic carbocycles. The van der Waals surface area contributed by atoms with Crippen molar-refractivity contribution >= 4 is 17.8 Å². The summed E-state index contributed by atoms with van der Waals surface area (Å²) in [6.07, 6.45) is 1.86. The van der Waals surface area contributed by atoms with Gasteiger partial charge >= 0.3 is 5.97 Å². The van der Waals surface area contributed by atoms with Gasteiger partial charge in [0.25, 0.3) is 0 Å². The average molecular weight is 354 g/mol. The molecule has 2 aromatic rings. The number of benzene rings is 2. The van der Waals surface area contributed by atoms with Gasteiger partial charge in [-0.1, -0.05) is 19.1 Å². The molecule has 1 aliphatic rings. The van der Waals surface area contributed by atoms with E-state index >= 15 is 0 Å². The molecule has 0 bridgehead atoms. The Bertz CT molecular complexity index is 897. The lowest BCUT2D eigenvalue weighted by Gasteiger charge is -2.10. The molecule has 0 saturated heterocycles. The van der Waals surface area contributed by atoms with E-state index in [1.807, 2.05) is 0 Å². The maximum atomic E-state index is 12.6. The van der Waals surface area contributed by atoms with Gasteiger partial charge in [-0.25, -0.2) is 0 Å². The first-order valence-corrected chi connectivity index (χ1v) is 8.07. The van der Waals surface area contributed by atoms with Crippen LogP contribution in [0.25, 0.3) is 6.08 Å². The van der Waals surface area contributed by atoms with Gasteiger partial charge in [-0.2, -0.15) is 0 Å². The highest BCUT2D eigenvalue weighted by Crippen LogP contribution is 2.37. The fourth-order valence-corrected chi connectivity index (χ4v) is 2.60. The number of methoxy groups -OCH3 is 2. The van der Waals surface area contributed by atoms with E-state index < -0.39 is 0 Å². The number of carbonyl (C=O) groups excluding carboxylic acids is 2. The molecule has 0 aliphatic carbocycles. The molecule has 1 aliphatic heterocycles. The standard InChI is InChI=1S/C20H18O6/c1-4-18(21)25-13-8-9-14-16(11-13)26-17(19(14)22)10-12-6-5-7-15(23-2)20(12)24-3/h5-11H,4H2,1-3H3. The monoisotopic (exact) mass is 354 g/mol. The van der Waals surface area contributed by atoms with E-state index in [2.05, 4.69) is 0 Å². The summed E-state index contributed by atoms with van der Waals surface area (Å²) in [6.45, 7) is 1.71. The van der Waals surface area contributed by atoms with Gasteiger partial charge in [0.15, 0.2) is 17.3 Å². The molecule has 0 radical (unpaired) electrons. The number of hydrogen-bond acceptors (Lipinski definition) is 6. The predicted molar refractivity (Wildman–Crippen MR) is 94.8 cm³/mol. The van der Waals surface area contributed by atoms with E-state index in [0.29, 0.717) is 34.1 Å². The molecule has 0 amide bonds. The number of rotatable bonds is 5. The lowest BCUT2D eigenvalue weighted by Crippen LogP contribution is -2.05. The number of hydrogen-bond donors (Lipinski definition) is 0. The number of carbonyl (C=O) groups is 2. The van der Waals surface area contributed by atoms with E-state index in [4.69, 9.17) is 18.9 Å². The molecule has 26 heavy (non-hydrogen) atoms. The summed E-state index contributed by atoms with van der Waals surface area (Å²) >= 11 is 0. The first kappa shape index (κ1) is 17.5. The smallest absolute Gasteiger partial charge is 0.310 e. The van der Waals surface area contributed by atoms with Crippen molar-refractivity contribution in [3.8, 4) is 23.0 Å². The molecule has 0 aromatic heterocycles. The van der Waals surface area contributed by atoms with Gasteiger partial charge < -0.3 is 18.9 Å². The van der Waals surface area contributed by atoms with Crippen molar-refractivity contribution in [1.29, 1.82) is 0 Å². The van der Waals surface area contributed by atoms with Crippen molar-refractivity contribution < 1.29 is 28.5 Å². The van der Waals surface area contributed by atoms with E-state index in [1.54, 1.807) is 50.4 Å². The van der Waals surface area contributed by atoms with Crippen LogP contribution in [-0.2, 0) is 4.79 Å². The maximum absolute atomic E-state index is 12.6. The van der Waals surface area contributed by atoms with Gasteiger partial charge in [0.2, 0.25) is 5.78 Å². The lowest BCUT2D eigenvalue weighted by atomic mass is 10.1. The van der Waals surface area contributed by atoms with Crippen LogP contribution in [-0.4, -0.2) is 26.0 Å². The van der Waals surface area contributed by atoms with Gasteiger partial charge in [0.1, 0.15) is 11.5 Å². The Labute approximate surface area is 150 Å². The first-order valence-electron chi connectivity index (χ1n) is 8.07. The van der Waals surface area contributed by atoms with Crippen LogP contribution in [0.5, 0.6) is 23.0 Å². The van der Waals surface area contributed by atoms with Crippen molar-refractivity contribution in [2.45, 2.75) is 13.3 Å². The van der Waals surface area contributed by atoms with E-state index in [9.17, 15) is 9.59 Å². The topological polar surface area (TPSA) is 71.1 Å². The molecule has 0 fully saturated rings. The second-order valence-electron chi connectivity index (χ2n) is 5.51. The second kappa shape index (κ2) is 7.31. The Balaban J connectivity index is 1.93. The fourth-order valence-electron chi connectivity index (χ4n) is 2.60. The normalized spacial score (nSPS) is 14.0. The SMILES string of the molecule is CCC(=O)Oc1ccc2c(c1)OC(=Cc1cccc(OC)c1OC)C2=O. The number of ketones is 1. The van der Waals surface area contributed by atoms with E-state index in [0.717, 1.165) is 0 Å². The molecule has 6 nitrogen and oxygen atoms in total. The number of Topliss-reactive ketones (excluding diaryl/α,β-unsaturated/α-hetero) is 1. The molecule has 0 N–H and O–H groups in total. The largest absolute Gasteiger partial charge is 0.493 e. The summed E-state index contributed by atoms with van der Waals surface area (Å²) in [5.74, 6) is 1.30. The highest BCUT2D eigenvalue weighted by atomic mass is 16.5. The van der Waals surface area contributed by atoms with Crippen molar-refractivity contribution in [2.75, 3.05) is 14.2 Å². The number of ether oxygens (including phenoxy) is 4. The van der Waals surface area contributed by atoms with Crippen LogP contribution < -0.4 is 18.9 Å². The number of allylic oxidation sites excluding steroid dienone is 1. The molecule has 0 atom stereocenters. The number of fused-ring (bicyclic) bond motifs is 1. The van der Waals surface area contributed by atoms with Gasteiger partial charge in [-0.15, -0.1) is 0 Å². The Hall–Kier alpha value is -3.28. The van der Waals surface area contributed by atoms with Crippen LogP contribution in [0.1, 0.15) is 29.3 Å². The van der Waals surface area contributed by atoms with E-state index in [1.165, 1.54) is 13.2 Å². The summed E-state index contributed by atoms with van der Waals surface area (Å²) < 4.78 is 21.5. The highest BCUT2D eigenvalue weighted by Gasteiger charge is 2.28. The molecular formula is C20H18O6. The van der Waals surface area contributed by atoms with Crippen molar-refractivity contribution in [3.63, 3.8) is 0 Å². The zero-order valence-corrected chi connectivity index (χ0v) is 14.7. The van der Waals surface area contributed by atoms with Crippen molar-refractivity contribution in [1.82, 2.24) is 0 Å². The minimum atomic E-state index is -0.355. The third kappa shape index (κ3) is 3.26. The molecule has 0 unspecified atom stereocenters. The first-order chi connectivity index (χ1) is 12.6. The number of esters is 1. The quantitative estimate of drug-likeness (QED) is 0.464. The summed E-state index contributed by atoms with van der Waals surface area (Å²) in [7, 11) is 3.07. The molecular weight excluding hydrogens is 336 g/mol. The summed E-state index contributed by atoms with van der Waals surface area (Å²) in [4.78, 5) is 24.0. The molecule has 3 rings (SSSR count). The Morgan fingerprint density at radius 2 is 1.96 bits per heavy atom. The van der Waals surface area contributed by atoms with Crippen LogP contribution >= 0.6 is 0 Å². The molecule has 0 saturated carbocycles. The minimum absolute atomic E-state index is 0.158. The zero-order chi connectivity index (χ0) is 18.7. The fraction of sp³-hybridized carbons (Fsp3) is 0.200. The second-order valence-corrected chi connectivity index (χ2v) is 5.51. The van der Waals surface area contributed by atoms with Gasteiger partial charge in [0, 0.05) is 18.1 Å². The summed E-state index contributed by atoms with van der Waals surface area (Å²) in [5, 5.41) is 0. The lowest BCUT2D eigenvalue weighted by molar-refractivity contribution is -0.134. The third-order valence-electron chi connectivity index (χ3n) is 3.88. The maximum Gasteiger partial charge on any atom is 0.310 e. The van der Waals surface area contributed by atoms with Crippen LogP contribution in [0, 0.1) is 0 Å². The summed E-state index contributed by atoms with van der Waals surface area (Å²) in [6, 6.07) is 10.0. The third-order valence-corrected chi connectivity index (χ3v) is 3.88.